The topological polar surface area (TPSA) is 69.7 Å². The van der Waals surface area contributed by atoms with Crippen molar-refractivity contribution in [1.82, 2.24) is 0 Å². The Morgan fingerprint density at radius 1 is 1.11 bits per heavy atom. The lowest BCUT2D eigenvalue weighted by Crippen LogP contribution is -2.29. The van der Waals surface area contributed by atoms with Gasteiger partial charge < -0.3 is 4.74 Å². The largest absolute Gasteiger partial charge is 0.464 e. The molecule has 0 saturated heterocycles. The summed E-state index contributed by atoms with van der Waals surface area (Å²) in [6, 6.07) is 15.5. The molecule has 146 valence electrons. The van der Waals surface area contributed by atoms with E-state index in [1.807, 2.05) is 37.3 Å². The van der Waals surface area contributed by atoms with Crippen molar-refractivity contribution < 1.29 is 22.1 Å². The molecule has 2 aromatic rings. The standard InChI is InChI=1S/C20H23ClO5S/c1-2-14-25-20(22)19(13-6-10-16-8-4-3-5-9-16)26-27(23,24)18-12-7-11-17(21)15-18/h3-5,7-9,11-12,15,19H,2,6,10,13-14H2,1H3/t19-/m1/s1. The fourth-order valence-electron chi connectivity index (χ4n) is 2.47. The summed E-state index contributed by atoms with van der Waals surface area (Å²) in [6.07, 6.45) is 0.977. The van der Waals surface area contributed by atoms with E-state index in [-0.39, 0.29) is 22.9 Å². The number of ether oxygens (including phenoxy) is 1. The van der Waals surface area contributed by atoms with Crippen molar-refractivity contribution in [3.05, 3.63) is 65.2 Å². The number of hydrogen-bond acceptors (Lipinski definition) is 5. The van der Waals surface area contributed by atoms with E-state index in [0.29, 0.717) is 19.3 Å². The van der Waals surface area contributed by atoms with Crippen molar-refractivity contribution in [2.75, 3.05) is 6.61 Å². The zero-order chi connectivity index (χ0) is 19.7. The number of rotatable bonds is 10. The normalized spacial score (nSPS) is 12.5. The van der Waals surface area contributed by atoms with Crippen molar-refractivity contribution in [3.63, 3.8) is 0 Å². The highest BCUT2D eigenvalue weighted by Crippen LogP contribution is 2.21. The van der Waals surface area contributed by atoms with Gasteiger partial charge in [0, 0.05) is 5.02 Å². The second-order valence-electron chi connectivity index (χ2n) is 6.04. The summed E-state index contributed by atoms with van der Waals surface area (Å²) in [4.78, 5) is 12.2. The highest BCUT2D eigenvalue weighted by molar-refractivity contribution is 7.86. The van der Waals surface area contributed by atoms with Gasteiger partial charge in [-0.05, 0) is 49.4 Å². The molecule has 0 saturated carbocycles. The Morgan fingerprint density at radius 2 is 1.85 bits per heavy atom. The first-order valence-corrected chi connectivity index (χ1v) is 10.6. The van der Waals surface area contributed by atoms with Gasteiger partial charge in [0.2, 0.25) is 0 Å². The van der Waals surface area contributed by atoms with Crippen molar-refractivity contribution in [3.8, 4) is 0 Å². The molecule has 0 bridgehead atoms. The number of halogens is 1. The molecule has 0 N–H and O–H groups in total. The number of hydrogen-bond donors (Lipinski definition) is 0. The van der Waals surface area contributed by atoms with Crippen LogP contribution < -0.4 is 0 Å². The minimum absolute atomic E-state index is 0.0913. The summed E-state index contributed by atoms with van der Waals surface area (Å²) in [7, 11) is -4.13. The summed E-state index contributed by atoms with van der Waals surface area (Å²) in [5.41, 5.74) is 1.11. The Kier molecular flexibility index (Phi) is 8.28. The van der Waals surface area contributed by atoms with Gasteiger partial charge in [-0.3, -0.25) is 4.18 Å². The van der Waals surface area contributed by atoms with Crippen LogP contribution in [-0.2, 0) is 30.3 Å². The molecule has 0 unspecified atom stereocenters. The number of benzene rings is 2. The third kappa shape index (κ3) is 6.97. The average Bonchev–Trinajstić information content (AvgIpc) is 2.66. The average molecular weight is 411 g/mol. The molecule has 0 aliphatic heterocycles. The van der Waals surface area contributed by atoms with Gasteiger partial charge in [0.15, 0.2) is 6.10 Å². The molecule has 2 rings (SSSR count). The molecule has 27 heavy (non-hydrogen) atoms. The molecule has 2 aromatic carbocycles. The molecular formula is C20H23ClO5S. The zero-order valence-electron chi connectivity index (χ0n) is 15.1. The van der Waals surface area contributed by atoms with Gasteiger partial charge in [-0.25, -0.2) is 4.79 Å². The van der Waals surface area contributed by atoms with Crippen LogP contribution in [0.1, 0.15) is 31.7 Å². The molecule has 0 spiro atoms. The van der Waals surface area contributed by atoms with E-state index in [2.05, 4.69) is 0 Å². The number of carbonyl (C=O) groups excluding carboxylic acids is 1. The predicted octanol–water partition coefficient (Wildman–Crippen LogP) is 4.39. The van der Waals surface area contributed by atoms with Gasteiger partial charge in [0.25, 0.3) is 10.1 Å². The molecule has 0 aromatic heterocycles. The van der Waals surface area contributed by atoms with Crippen molar-refractivity contribution in [2.24, 2.45) is 0 Å². The number of esters is 1. The van der Waals surface area contributed by atoms with Crippen LogP contribution in [0, 0.1) is 0 Å². The second-order valence-corrected chi connectivity index (χ2v) is 8.05. The van der Waals surface area contributed by atoms with Crippen LogP contribution in [0.2, 0.25) is 5.02 Å². The van der Waals surface area contributed by atoms with Gasteiger partial charge in [0.1, 0.15) is 0 Å². The lowest BCUT2D eigenvalue weighted by Gasteiger charge is -2.16. The Balaban J connectivity index is 2.08. The number of aryl methyl sites for hydroxylation is 1. The third-order valence-electron chi connectivity index (χ3n) is 3.81. The molecule has 0 heterocycles. The lowest BCUT2D eigenvalue weighted by atomic mass is 10.1. The SMILES string of the molecule is CCCOC(=O)[C@@H](CCCc1ccccc1)OS(=O)(=O)c1cccc(Cl)c1. The molecule has 0 amide bonds. The van der Waals surface area contributed by atoms with Crippen LogP contribution in [0.4, 0.5) is 0 Å². The van der Waals surface area contributed by atoms with Crippen molar-refractivity contribution in [2.45, 2.75) is 43.6 Å². The van der Waals surface area contributed by atoms with Crippen LogP contribution in [0.5, 0.6) is 0 Å². The predicted molar refractivity (Wildman–Crippen MR) is 104 cm³/mol. The van der Waals surface area contributed by atoms with Crippen LogP contribution in [0.25, 0.3) is 0 Å². The highest BCUT2D eigenvalue weighted by Gasteiger charge is 2.28. The van der Waals surface area contributed by atoms with E-state index < -0.39 is 22.2 Å². The highest BCUT2D eigenvalue weighted by atomic mass is 35.5. The summed E-state index contributed by atoms with van der Waals surface area (Å²) in [6.45, 7) is 2.08. The van der Waals surface area contributed by atoms with Crippen LogP contribution in [0.15, 0.2) is 59.5 Å². The summed E-state index contributed by atoms with van der Waals surface area (Å²) < 4.78 is 35.4. The van der Waals surface area contributed by atoms with Gasteiger partial charge in [0.05, 0.1) is 11.5 Å². The van der Waals surface area contributed by atoms with Gasteiger partial charge in [-0.2, -0.15) is 8.42 Å². The first-order chi connectivity index (χ1) is 12.9. The maximum atomic E-state index is 12.5. The molecule has 0 radical (unpaired) electrons. The Labute approximate surface area is 165 Å². The molecule has 0 fully saturated rings. The molecule has 1 atom stereocenters. The molecule has 5 nitrogen and oxygen atoms in total. The summed E-state index contributed by atoms with van der Waals surface area (Å²) in [5, 5.41) is 0.272. The van der Waals surface area contributed by atoms with Crippen LogP contribution in [0.3, 0.4) is 0 Å². The van der Waals surface area contributed by atoms with Crippen LogP contribution in [-0.4, -0.2) is 27.1 Å². The molecule has 0 aliphatic rings. The number of carbonyl (C=O) groups is 1. The van der Waals surface area contributed by atoms with Crippen molar-refractivity contribution >= 4 is 27.7 Å². The third-order valence-corrected chi connectivity index (χ3v) is 5.37. The van der Waals surface area contributed by atoms with Gasteiger partial charge in [-0.15, -0.1) is 0 Å². The van der Waals surface area contributed by atoms with E-state index >= 15 is 0 Å². The van der Waals surface area contributed by atoms with Crippen LogP contribution >= 0.6 is 11.6 Å². The summed E-state index contributed by atoms with van der Waals surface area (Å²) in [5.74, 6) is -0.671. The van der Waals surface area contributed by atoms with Gasteiger partial charge >= 0.3 is 5.97 Å². The van der Waals surface area contributed by atoms with Gasteiger partial charge in [-0.1, -0.05) is 54.9 Å². The Bertz CT molecular complexity index is 836. The Morgan fingerprint density at radius 3 is 2.52 bits per heavy atom. The van der Waals surface area contributed by atoms with E-state index in [1.54, 1.807) is 6.07 Å². The monoisotopic (exact) mass is 410 g/mol. The fourth-order valence-corrected chi connectivity index (χ4v) is 3.83. The molecule has 7 heteroatoms. The first kappa shape index (κ1) is 21.4. The quantitative estimate of drug-likeness (QED) is 0.429. The van der Waals surface area contributed by atoms with E-state index in [0.717, 1.165) is 5.56 Å². The van der Waals surface area contributed by atoms with E-state index in [9.17, 15) is 13.2 Å². The maximum absolute atomic E-state index is 12.5. The molecule has 0 aliphatic carbocycles. The first-order valence-electron chi connectivity index (χ1n) is 8.82. The molecular weight excluding hydrogens is 388 g/mol. The Hall–Kier alpha value is -1.89. The minimum Gasteiger partial charge on any atom is -0.464 e. The maximum Gasteiger partial charge on any atom is 0.336 e. The lowest BCUT2D eigenvalue weighted by molar-refractivity contribution is -0.152. The fraction of sp³-hybridized carbons (Fsp3) is 0.350. The smallest absolute Gasteiger partial charge is 0.336 e. The van der Waals surface area contributed by atoms with E-state index in [4.69, 9.17) is 20.5 Å². The summed E-state index contributed by atoms with van der Waals surface area (Å²) >= 11 is 5.86. The second kappa shape index (κ2) is 10.4. The van der Waals surface area contributed by atoms with Crippen molar-refractivity contribution in [1.29, 1.82) is 0 Å². The van der Waals surface area contributed by atoms with E-state index in [1.165, 1.54) is 18.2 Å². The minimum atomic E-state index is -4.13. The zero-order valence-corrected chi connectivity index (χ0v) is 16.7.